The second-order valence-electron chi connectivity index (χ2n) is 6.17. The normalized spacial score (nSPS) is 36.2. The van der Waals surface area contributed by atoms with Crippen LogP contribution in [0.3, 0.4) is 0 Å². The molecule has 2 aliphatic rings. The van der Waals surface area contributed by atoms with Crippen LogP contribution in [0.25, 0.3) is 0 Å². The zero-order valence-corrected chi connectivity index (χ0v) is 11.7. The fourth-order valence-corrected chi connectivity index (χ4v) is 2.17. The molecule has 1 atom stereocenters. The van der Waals surface area contributed by atoms with Gasteiger partial charge in [0.1, 0.15) is 0 Å². The van der Waals surface area contributed by atoms with Crippen LogP contribution in [0, 0.1) is 0 Å². The highest BCUT2D eigenvalue weighted by Gasteiger charge is 2.58. The number of hydrogen-bond donors (Lipinski definition) is 1. The Balaban J connectivity index is 0.00000128. The van der Waals surface area contributed by atoms with Crippen molar-refractivity contribution in [3.8, 4) is 0 Å². The molecule has 1 unspecified atom stereocenters. The van der Waals surface area contributed by atoms with E-state index in [0.717, 1.165) is 19.5 Å². The summed E-state index contributed by atoms with van der Waals surface area (Å²) in [6.07, 6.45) is 1.13. The van der Waals surface area contributed by atoms with Gasteiger partial charge in [-0.05, 0) is 47.2 Å². The quantitative estimate of drug-likeness (QED) is 0.721. The van der Waals surface area contributed by atoms with E-state index in [-0.39, 0.29) is 36.0 Å². The van der Waals surface area contributed by atoms with Crippen LogP contribution in [-0.2, 0) is 9.31 Å². The van der Waals surface area contributed by atoms with Crippen LogP contribution in [0.2, 0.25) is 5.31 Å². The Kier molecular flexibility index (Phi) is 3.72. The second-order valence-corrected chi connectivity index (χ2v) is 6.17. The fourth-order valence-electron chi connectivity index (χ4n) is 2.17. The van der Waals surface area contributed by atoms with Crippen LogP contribution < -0.4 is 5.32 Å². The van der Waals surface area contributed by atoms with Gasteiger partial charge in [-0.25, -0.2) is 0 Å². The van der Waals surface area contributed by atoms with Gasteiger partial charge in [0.25, 0.3) is 0 Å². The first-order valence-corrected chi connectivity index (χ1v) is 5.83. The summed E-state index contributed by atoms with van der Waals surface area (Å²) < 4.78 is 12.2. The largest absolute Gasteiger partial charge is 0.465 e. The topological polar surface area (TPSA) is 30.5 Å². The summed E-state index contributed by atoms with van der Waals surface area (Å²) in [5.74, 6) is 0. The van der Waals surface area contributed by atoms with Crippen molar-refractivity contribution in [3.05, 3.63) is 0 Å². The minimum atomic E-state index is -0.205. The lowest BCUT2D eigenvalue weighted by Crippen LogP contribution is -2.41. The summed E-state index contributed by atoms with van der Waals surface area (Å²) in [4.78, 5) is 0. The molecular formula is C11H23BClNO2. The molecule has 5 heteroatoms. The zero-order valence-electron chi connectivity index (χ0n) is 10.9. The predicted molar refractivity (Wildman–Crippen MR) is 69.2 cm³/mol. The van der Waals surface area contributed by atoms with Gasteiger partial charge in [-0.2, -0.15) is 0 Å². The van der Waals surface area contributed by atoms with Gasteiger partial charge in [-0.1, -0.05) is 6.92 Å². The smallest absolute Gasteiger partial charge is 0.403 e. The maximum atomic E-state index is 6.09. The van der Waals surface area contributed by atoms with Crippen molar-refractivity contribution in [1.29, 1.82) is 0 Å². The van der Waals surface area contributed by atoms with Crippen LogP contribution in [-0.4, -0.2) is 31.4 Å². The Morgan fingerprint density at radius 1 is 1.00 bits per heavy atom. The third-order valence-corrected chi connectivity index (χ3v) is 4.22. The minimum absolute atomic E-state index is 0. The Morgan fingerprint density at radius 3 is 1.88 bits per heavy atom. The van der Waals surface area contributed by atoms with E-state index >= 15 is 0 Å². The van der Waals surface area contributed by atoms with Gasteiger partial charge in [-0.3, -0.25) is 0 Å². The lowest BCUT2D eigenvalue weighted by atomic mass is 9.58. The molecule has 0 amide bonds. The average Bonchev–Trinajstić information content (AvgIpc) is 2.58. The lowest BCUT2D eigenvalue weighted by Gasteiger charge is -2.32. The molecule has 2 saturated heterocycles. The molecule has 0 aromatic carbocycles. The highest BCUT2D eigenvalue weighted by Crippen LogP contribution is 2.47. The van der Waals surface area contributed by atoms with Crippen molar-refractivity contribution in [2.75, 3.05) is 13.1 Å². The van der Waals surface area contributed by atoms with Gasteiger partial charge < -0.3 is 14.6 Å². The zero-order chi connectivity index (χ0) is 11.3. The van der Waals surface area contributed by atoms with E-state index in [2.05, 4.69) is 39.9 Å². The number of hydrogen-bond acceptors (Lipinski definition) is 3. The molecule has 0 aromatic heterocycles. The first kappa shape index (κ1) is 14.3. The van der Waals surface area contributed by atoms with Crippen LogP contribution in [0.5, 0.6) is 0 Å². The molecule has 0 bridgehead atoms. The van der Waals surface area contributed by atoms with Crippen LogP contribution >= 0.6 is 12.4 Å². The Morgan fingerprint density at radius 2 is 1.50 bits per heavy atom. The Hall–Kier alpha value is 0.235. The molecule has 16 heavy (non-hydrogen) atoms. The van der Waals surface area contributed by atoms with Crippen molar-refractivity contribution in [3.63, 3.8) is 0 Å². The summed E-state index contributed by atoms with van der Waals surface area (Å²) in [7, 11) is -0.0718. The molecule has 0 spiro atoms. The second kappa shape index (κ2) is 4.16. The van der Waals surface area contributed by atoms with E-state index in [1.165, 1.54) is 0 Å². The summed E-state index contributed by atoms with van der Waals surface area (Å²) in [5.41, 5.74) is -0.410. The molecular weight excluding hydrogens is 224 g/mol. The van der Waals surface area contributed by atoms with Gasteiger partial charge >= 0.3 is 7.12 Å². The summed E-state index contributed by atoms with van der Waals surface area (Å²) >= 11 is 0. The van der Waals surface area contributed by atoms with Crippen LogP contribution in [0.4, 0.5) is 0 Å². The molecule has 2 heterocycles. The van der Waals surface area contributed by atoms with E-state index in [1.807, 2.05) is 0 Å². The number of halogens is 1. The molecule has 1 N–H and O–H groups in total. The Labute approximate surface area is 105 Å². The SMILES string of the molecule is CC1(B2OC(C)(C)C(C)(C)O2)CCNC1.Cl. The van der Waals surface area contributed by atoms with E-state index in [1.54, 1.807) is 0 Å². The standard InChI is InChI=1S/C11H22BNO2.ClH/c1-9(2)10(3,4)15-12(14-9)11(5)6-7-13-8-11;/h13H,6-8H2,1-5H3;1H. The van der Waals surface area contributed by atoms with E-state index in [0.29, 0.717) is 0 Å². The van der Waals surface area contributed by atoms with Crippen LogP contribution in [0.1, 0.15) is 41.0 Å². The number of rotatable bonds is 1. The van der Waals surface area contributed by atoms with Gasteiger partial charge in [0.2, 0.25) is 0 Å². The van der Waals surface area contributed by atoms with Crippen molar-refractivity contribution < 1.29 is 9.31 Å². The molecule has 0 radical (unpaired) electrons. The molecule has 0 saturated carbocycles. The lowest BCUT2D eigenvalue weighted by molar-refractivity contribution is 0.00578. The first-order valence-electron chi connectivity index (χ1n) is 5.83. The summed E-state index contributed by atoms with van der Waals surface area (Å²) in [6.45, 7) is 12.7. The third-order valence-electron chi connectivity index (χ3n) is 4.22. The molecule has 3 nitrogen and oxygen atoms in total. The van der Waals surface area contributed by atoms with Crippen molar-refractivity contribution >= 4 is 19.5 Å². The fraction of sp³-hybridized carbons (Fsp3) is 1.00. The average molecular weight is 248 g/mol. The van der Waals surface area contributed by atoms with Crippen LogP contribution in [0.15, 0.2) is 0 Å². The molecule has 2 fully saturated rings. The molecule has 2 rings (SSSR count). The maximum absolute atomic E-state index is 6.09. The van der Waals surface area contributed by atoms with Crippen molar-refractivity contribution in [2.24, 2.45) is 0 Å². The van der Waals surface area contributed by atoms with Crippen molar-refractivity contribution in [1.82, 2.24) is 5.32 Å². The van der Waals surface area contributed by atoms with E-state index in [9.17, 15) is 0 Å². The van der Waals surface area contributed by atoms with E-state index < -0.39 is 0 Å². The molecule has 94 valence electrons. The van der Waals surface area contributed by atoms with Gasteiger partial charge in [0, 0.05) is 5.31 Å². The Bertz CT molecular complexity index is 249. The van der Waals surface area contributed by atoms with Gasteiger partial charge in [0.05, 0.1) is 11.2 Å². The maximum Gasteiger partial charge on any atom is 0.465 e. The predicted octanol–water partition coefficient (Wildman–Crippen LogP) is 2.25. The molecule has 0 aromatic rings. The highest BCUT2D eigenvalue weighted by atomic mass is 35.5. The first-order chi connectivity index (χ1) is 6.77. The highest BCUT2D eigenvalue weighted by molar-refractivity contribution is 6.49. The van der Waals surface area contributed by atoms with Gasteiger partial charge in [-0.15, -0.1) is 12.4 Å². The number of nitrogens with one attached hydrogen (secondary N) is 1. The van der Waals surface area contributed by atoms with E-state index in [4.69, 9.17) is 9.31 Å². The van der Waals surface area contributed by atoms with Crippen molar-refractivity contribution in [2.45, 2.75) is 57.6 Å². The third kappa shape index (κ3) is 2.13. The molecule has 2 aliphatic heterocycles. The monoisotopic (exact) mass is 247 g/mol. The summed E-state index contributed by atoms with van der Waals surface area (Å²) in [5, 5.41) is 3.51. The summed E-state index contributed by atoms with van der Waals surface area (Å²) in [6, 6.07) is 0. The minimum Gasteiger partial charge on any atom is -0.403 e. The van der Waals surface area contributed by atoms with Gasteiger partial charge in [0.15, 0.2) is 0 Å². The molecule has 0 aliphatic carbocycles.